The van der Waals surface area contributed by atoms with Crippen molar-refractivity contribution in [2.24, 2.45) is 5.73 Å². The van der Waals surface area contributed by atoms with E-state index in [0.717, 1.165) is 22.9 Å². The van der Waals surface area contributed by atoms with Gasteiger partial charge in [0, 0.05) is 17.1 Å². The summed E-state index contributed by atoms with van der Waals surface area (Å²) in [5.74, 6) is 0. The Morgan fingerprint density at radius 3 is 2.71 bits per heavy atom. The third kappa shape index (κ3) is 4.42. The van der Waals surface area contributed by atoms with Crippen LogP contribution in [0.15, 0.2) is 28.7 Å². The molecule has 1 atom stereocenters. The van der Waals surface area contributed by atoms with E-state index in [2.05, 4.69) is 15.9 Å². The molecule has 0 saturated carbocycles. The molecule has 2 nitrogen and oxygen atoms in total. The lowest BCUT2D eigenvalue weighted by molar-refractivity contribution is 0.280. The van der Waals surface area contributed by atoms with Crippen molar-refractivity contribution in [3.63, 3.8) is 0 Å². The van der Waals surface area contributed by atoms with Crippen molar-refractivity contribution in [2.45, 2.75) is 18.9 Å². The molecule has 0 saturated heterocycles. The minimum atomic E-state index is 0. The number of rotatable bonds is 4. The van der Waals surface area contributed by atoms with E-state index in [1.165, 1.54) is 0 Å². The van der Waals surface area contributed by atoms with Gasteiger partial charge >= 0.3 is 0 Å². The number of aliphatic hydroxyl groups is 1. The van der Waals surface area contributed by atoms with Crippen LogP contribution in [0.25, 0.3) is 0 Å². The Labute approximate surface area is 99.0 Å². The van der Waals surface area contributed by atoms with E-state index >= 15 is 0 Å². The highest BCUT2D eigenvalue weighted by molar-refractivity contribution is 9.10. The maximum Gasteiger partial charge on any atom is 0.0431 e. The third-order valence-electron chi connectivity index (χ3n) is 1.95. The summed E-state index contributed by atoms with van der Waals surface area (Å²) in [4.78, 5) is 0. The molecule has 0 aliphatic rings. The minimum Gasteiger partial charge on any atom is -0.396 e. The summed E-state index contributed by atoms with van der Waals surface area (Å²) in [5.41, 5.74) is 7.03. The molecular formula is C10H15BrClNO. The molecular weight excluding hydrogens is 265 g/mol. The Kier molecular flexibility index (Phi) is 7.19. The number of halogens is 2. The molecule has 0 radical (unpaired) electrons. The van der Waals surface area contributed by atoms with E-state index < -0.39 is 0 Å². The molecule has 3 N–H and O–H groups in total. The van der Waals surface area contributed by atoms with Gasteiger partial charge < -0.3 is 10.8 Å². The highest BCUT2D eigenvalue weighted by Crippen LogP contribution is 2.19. The van der Waals surface area contributed by atoms with Gasteiger partial charge in [0.15, 0.2) is 0 Å². The second-order valence-electron chi connectivity index (χ2n) is 3.03. The number of aliphatic hydroxyl groups excluding tert-OH is 1. The molecule has 0 aliphatic carbocycles. The van der Waals surface area contributed by atoms with E-state index in [9.17, 15) is 0 Å². The number of benzene rings is 1. The van der Waals surface area contributed by atoms with E-state index in [1.807, 2.05) is 24.3 Å². The summed E-state index contributed by atoms with van der Waals surface area (Å²) in [6.07, 6.45) is 1.58. The summed E-state index contributed by atoms with van der Waals surface area (Å²) in [7, 11) is 0. The fourth-order valence-corrected chi connectivity index (χ4v) is 1.63. The Bertz CT molecular complexity index is 270. The molecule has 0 aromatic heterocycles. The van der Waals surface area contributed by atoms with E-state index in [0.29, 0.717) is 0 Å². The van der Waals surface area contributed by atoms with Crippen LogP contribution in [0, 0.1) is 0 Å². The van der Waals surface area contributed by atoms with Crippen LogP contribution in [0.2, 0.25) is 0 Å². The molecule has 1 aromatic carbocycles. The zero-order chi connectivity index (χ0) is 9.68. The maximum atomic E-state index is 8.65. The molecule has 0 spiro atoms. The van der Waals surface area contributed by atoms with Crippen LogP contribution in [0.3, 0.4) is 0 Å². The molecule has 0 aliphatic heterocycles. The average Bonchev–Trinajstić information content (AvgIpc) is 2.14. The summed E-state index contributed by atoms with van der Waals surface area (Å²) >= 11 is 3.39. The predicted molar refractivity (Wildman–Crippen MR) is 64.6 cm³/mol. The Balaban J connectivity index is 0.00000169. The number of hydrogen-bond donors (Lipinski definition) is 2. The van der Waals surface area contributed by atoms with Gasteiger partial charge in [-0.3, -0.25) is 0 Å². The fourth-order valence-electron chi connectivity index (χ4n) is 1.22. The van der Waals surface area contributed by atoms with E-state index in [1.54, 1.807) is 0 Å². The molecule has 1 aromatic rings. The zero-order valence-corrected chi connectivity index (χ0v) is 10.2. The van der Waals surface area contributed by atoms with Crippen molar-refractivity contribution in [3.8, 4) is 0 Å². The van der Waals surface area contributed by atoms with Crippen molar-refractivity contribution >= 4 is 28.3 Å². The van der Waals surface area contributed by atoms with Gasteiger partial charge in [-0.25, -0.2) is 0 Å². The highest BCUT2D eigenvalue weighted by atomic mass is 79.9. The number of nitrogens with two attached hydrogens (primary N) is 1. The SMILES string of the molecule is Cl.N[C@H](CCCO)c1cccc(Br)c1. The monoisotopic (exact) mass is 279 g/mol. The standard InChI is InChI=1S/C10H14BrNO.ClH/c11-9-4-1-3-8(7-9)10(12)5-2-6-13;/h1,3-4,7,10,13H,2,5-6,12H2;1H/t10-;/m1./s1. The molecule has 80 valence electrons. The third-order valence-corrected chi connectivity index (χ3v) is 2.44. The lowest BCUT2D eigenvalue weighted by atomic mass is 10.0. The molecule has 0 unspecified atom stereocenters. The summed E-state index contributed by atoms with van der Waals surface area (Å²) in [5, 5.41) is 8.65. The van der Waals surface area contributed by atoms with Gasteiger partial charge in [0.25, 0.3) is 0 Å². The van der Waals surface area contributed by atoms with E-state index in [-0.39, 0.29) is 25.1 Å². The van der Waals surface area contributed by atoms with Crippen molar-refractivity contribution in [1.82, 2.24) is 0 Å². The summed E-state index contributed by atoms with van der Waals surface area (Å²) in [6, 6.07) is 8.00. The lowest BCUT2D eigenvalue weighted by Crippen LogP contribution is -2.10. The van der Waals surface area contributed by atoms with Gasteiger partial charge in [0.05, 0.1) is 0 Å². The first-order valence-electron chi connectivity index (χ1n) is 4.36. The molecule has 0 fully saturated rings. The average molecular weight is 281 g/mol. The van der Waals surface area contributed by atoms with E-state index in [4.69, 9.17) is 10.8 Å². The maximum absolute atomic E-state index is 8.65. The van der Waals surface area contributed by atoms with Gasteiger partial charge in [0.1, 0.15) is 0 Å². The van der Waals surface area contributed by atoms with Gasteiger partial charge in [-0.2, -0.15) is 0 Å². The van der Waals surface area contributed by atoms with Gasteiger partial charge in [-0.1, -0.05) is 28.1 Å². The molecule has 0 heterocycles. The minimum absolute atomic E-state index is 0. The highest BCUT2D eigenvalue weighted by Gasteiger charge is 2.04. The number of hydrogen-bond acceptors (Lipinski definition) is 2. The van der Waals surface area contributed by atoms with Crippen molar-refractivity contribution in [3.05, 3.63) is 34.3 Å². The molecule has 4 heteroatoms. The first-order chi connectivity index (χ1) is 6.24. The zero-order valence-electron chi connectivity index (χ0n) is 7.82. The topological polar surface area (TPSA) is 46.2 Å². The van der Waals surface area contributed by atoms with Crippen LogP contribution in [-0.2, 0) is 0 Å². The Hall–Kier alpha value is -0.0900. The lowest BCUT2D eigenvalue weighted by Gasteiger charge is -2.10. The van der Waals surface area contributed by atoms with Gasteiger partial charge in [0.2, 0.25) is 0 Å². The van der Waals surface area contributed by atoms with Crippen LogP contribution < -0.4 is 5.73 Å². The normalized spacial score (nSPS) is 11.9. The Morgan fingerprint density at radius 1 is 1.43 bits per heavy atom. The summed E-state index contributed by atoms with van der Waals surface area (Å²) < 4.78 is 1.05. The summed E-state index contributed by atoms with van der Waals surface area (Å²) in [6.45, 7) is 0.210. The second-order valence-corrected chi connectivity index (χ2v) is 3.94. The van der Waals surface area contributed by atoms with Crippen LogP contribution in [0.5, 0.6) is 0 Å². The predicted octanol–water partition coefficient (Wildman–Crippen LogP) is 2.64. The van der Waals surface area contributed by atoms with Crippen LogP contribution >= 0.6 is 28.3 Å². The molecule has 1 rings (SSSR count). The van der Waals surface area contributed by atoms with Crippen molar-refractivity contribution in [1.29, 1.82) is 0 Å². The van der Waals surface area contributed by atoms with Crippen LogP contribution in [0.4, 0.5) is 0 Å². The molecule has 14 heavy (non-hydrogen) atoms. The van der Waals surface area contributed by atoms with Crippen molar-refractivity contribution < 1.29 is 5.11 Å². The molecule has 0 bridgehead atoms. The smallest absolute Gasteiger partial charge is 0.0431 e. The fraction of sp³-hybridized carbons (Fsp3) is 0.400. The first kappa shape index (κ1) is 13.9. The molecule has 0 amide bonds. The second kappa shape index (κ2) is 7.23. The quantitative estimate of drug-likeness (QED) is 0.891. The van der Waals surface area contributed by atoms with Gasteiger partial charge in [-0.15, -0.1) is 12.4 Å². The van der Waals surface area contributed by atoms with Gasteiger partial charge in [-0.05, 0) is 30.5 Å². The largest absolute Gasteiger partial charge is 0.396 e. The Morgan fingerprint density at radius 2 is 2.14 bits per heavy atom. The van der Waals surface area contributed by atoms with Crippen LogP contribution in [-0.4, -0.2) is 11.7 Å². The van der Waals surface area contributed by atoms with Crippen molar-refractivity contribution in [2.75, 3.05) is 6.61 Å². The first-order valence-corrected chi connectivity index (χ1v) is 5.15. The van der Waals surface area contributed by atoms with Crippen LogP contribution in [0.1, 0.15) is 24.4 Å².